The van der Waals surface area contributed by atoms with E-state index in [0.717, 1.165) is 37.3 Å². The second kappa shape index (κ2) is 7.70. The van der Waals surface area contributed by atoms with Crippen LogP contribution in [0.25, 0.3) is 0 Å². The van der Waals surface area contributed by atoms with Crippen LogP contribution >= 0.6 is 11.6 Å². The Balaban J connectivity index is 1.85. The molecule has 0 heterocycles. The Bertz CT molecular complexity index is 791. The number of hydrogen-bond donors (Lipinski definition) is 1. The summed E-state index contributed by atoms with van der Waals surface area (Å²) < 4.78 is 39.6. The van der Waals surface area contributed by atoms with Gasteiger partial charge in [-0.1, -0.05) is 54.8 Å². The minimum atomic E-state index is -4.57. The van der Waals surface area contributed by atoms with Crippen molar-refractivity contribution in [1.29, 1.82) is 0 Å². The van der Waals surface area contributed by atoms with E-state index in [1.807, 2.05) is 18.2 Å². The van der Waals surface area contributed by atoms with Gasteiger partial charge in [-0.25, -0.2) is 0 Å². The van der Waals surface area contributed by atoms with Crippen LogP contribution < -0.4 is 5.32 Å². The SMILES string of the molecule is O=C(N[C@@H]1CCCC[C@H]1c1ccccc1Cl)c1ccccc1C(F)(F)F. The van der Waals surface area contributed by atoms with Gasteiger partial charge >= 0.3 is 6.18 Å². The summed E-state index contributed by atoms with van der Waals surface area (Å²) in [5.41, 5.74) is -0.325. The first kappa shape index (κ1) is 18.8. The standard InChI is InChI=1S/C20H19ClF3NO/c21-17-11-5-2-7-13(17)14-8-3-6-12-18(14)25-19(26)15-9-1-4-10-16(15)20(22,23)24/h1-2,4-5,7,9-11,14,18H,3,6,8,12H2,(H,25,26)/t14-,18+/m0/s1. The second-order valence-electron chi connectivity index (χ2n) is 6.54. The summed E-state index contributed by atoms with van der Waals surface area (Å²) in [4.78, 5) is 12.6. The lowest BCUT2D eigenvalue weighted by atomic mass is 9.80. The molecule has 2 atom stereocenters. The molecule has 138 valence electrons. The summed E-state index contributed by atoms with van der Waals surface area (Å²) in [7, 11) is 0. The predicted molar refractivity (Wildman–Crippen MR) is 95.4 cm³/mol. The maximum Gasteiger partial charge on any atom is 0.417 e. The highest BCUT2D eigenvalue weighted by Crippen LogP contribution is 2.37. The van der Waals surface area contributed by atoms with Crippen molar-refractivity contribution in [3.05, 3.63) is 70.2 Å². The summed E-state index contributed by atoms with van der Waals surface area (Å²) in [5.74, 6) is -0.693. The summed E-state index contributed by atoms with van der Waals surface area (Å²) >= 11 is 6.30. The number of benzene rings is 2. The fraction of sp³-hybridized carbons (Fsp3) is 0.350. The van der Waals surface area contributed by atoms with Gasteiger partial charge in [0.2, 0.25) is 0 Å². The van der Waals surface area contributed by atoms with Crippen LogP contribution in [0.1, 0.15) is 53.1 Å². The average Bonchev–Trinajstić information content (AvgIpc) is 2.62. The minimum absolute atomic E-state index is 0.000510. The molecule has 2 aromatic carbocycles. The maximum atomic E-state index is 13.2. The maximum absolute atomic E-state index is 13.2. The van der Waals surface area contributed by atoms with E-state index in [0.29, 0.717) is 5.02 Å². The molecule has 0 aromatic heterocycles. The van der Waals surface area contributed by atoms with Gasteiger partial charge in [0.05, 0.1) is 11.1 Å². The van der Waals surface area contributed by atoms with Crippen molar-refractivity contribution in [3.8, 4) is 0 Å². The zero-order chi connectivity index (χ0) is 18.7. The van der Waals surface area contributed by atoms with Gasteiger partial charge < -0.3 is 5.32 Å². The van der Waals surface area contributed by atoms with Crippen LogP contribution in [0.3, 0.4) is 0 Å². The number of halogens is 4. The lowest BCUT2D eigenvalue weighted by Crippen LogP contribution is -2.41. The third-order valence-corrected chi connectivity index (χ3v) is 5.21. The quantitative estimate of drug-likeness (QED) is 0.713. The van der Waals surface area contributed by atoms with E-state index < -0.39 is 17.6 Å². The van der Waals surface area contributed by atoms with Crippen molar-refractivity contribution in [1.82, 2.24) is 5.32 Å². The van der Waals surface area contributed by atoms with E-state index in [1.165, 1.54) is 18.2 Å². The van der Waals surface area contributed by atoms with E-state index in [-0.39, 0.29) is 17.5 Å². The van der Waals surface area contributed by atoms with Crippen molar-refractivity contribution in [2.45, 2.75) is 43.8 Å². The van der Waals surface area contributed by atoms with E-state index >= 15 is 0 Å². The van der Waals surface area contributed by atoms with Crippen molar-refractivity contribution in [3.63, 3.8) is 0 Å². The molecule has 1 aliphatic carbocycles. The Morgan fingerprint density at radius 3 is 2.38 bits per heavy atom. The molecule has 2 aromatic rings. The zero-order valence-corrected chi connectivity index (χ0v) is 14.8. The van der Waals surface area contributed by atoms with Gasteiger partial charge in [-0.05, 0) is 36.6 Å². The van der Waals surface area contributed by atoms with Gasteiger partial charge in [-0.3, -0.25) is 4.79 Å². The minimum Gasteiger partial charge on any atom is -0.349 e. The van der Waals surface area contributed by atoms with E-state index in [4.69, 9.17) is 11.6 Å². The van der Waals surface area contributed by atoms with Gasteiger partial charge in [0.1, 0.15) is 0 Å². The third kappa shape index (κ3) is 4.04. The molecule has 1 fully saturated rings. The van der Waals surface area contributed by atoms with Gasteiger partial charge in [0.25, 0.3) is 5.91 Å². The first-order valence-electron chi connectivity index (χ1n) is 8.59. The van der Waals surface area contributed by atoms with Crippen molar-refractivity contribution >= 4 is 17.5 Å². The van der Waals surface area contributed by atoms with E-state index in [2.05, 4.69) is 5.32 Å². The number of carbonyl (C=O) groups is 1. The third-order valence-electron chi connectivity index (χ3n) is 4.86. The number of rotatable bonds is 3. The molecule has 1 aliphatic rings. The summed E-state index contributed by atoms with van der Waals surface area (Å²) in [6.07, 6.45) is -1.08. The first-order chi connectivity index (χ1) is 12.4. The number of hydrogen-bond acceptors (Lipinski definition) is 1. The highest BCUT2D eigenvalue weighted by Gasteiger charge is 2.36. The Morgan fingerprint density at radius 2 is 1.65 bits per heavy atom. The lowest BCUT2D eigenvalue weighted by Gasteiger charge is -2.33. The second-order valence-corrected chi connectivity index (χ2v) is 6.94. The fourth-order valence-corrected chi connectivity index (χ4v) is 3.90. The summed E-state index contributed by atoms with van der Waals surface area (Å²) in [6.45, 7) is 0. The highest BCUT2D eigenvalue weighted by molar-refractivity contribution is 6.31. The van der Waals surface area contributed by atoms with Crippen LogP contribution in [0.2, 0.25) is 5.02 Å². The highest BCUT2D eigenvalue weighted by atomic mass is 35.5. The van der Waals surface area contributed by atoms with Crippen LogP contribution in [-0.4, -0.2) is 11.9 Å². The van der Waals surface area contributed by atoms with Crippen LogP contribution in [-0.2, 0) is 6.18 Å². The molecular formula is C20H19ClF3NO. The predicted octanol–water partition coefficient (Wildman–Crippen LogP) is 5.82. The molecule has 1 saturated carbocycles. The monoisotopic (exact) mass is 381 g/mol. The van der Waals surface area contributed by atoms with Gasteiger partial charge in [-0.15, -0.1) is 0 Å². The molecule has 0 spiro atoms. The summed E-state index contributed by atoms with van der Waals surface area (Å²) in [6, 6.07) is 12.1. The fourth-order valence-electron chi connectivity index (χ4n) is 3.63. The Hall–Kier alpha value is -2.01. The van der Waals surface area contributed by atoms with Crippen molar-refractivity contribution in [2.75, 3.05) is 0 Å². The average molecular weight is 382 g/mol. The van der Waals surface area contributed by atoms with Crippen molar-refractivity contribution < 1.29 is 18.0 Å². The van der Waals surface area contributed by atoms with Gasteiger partial charge in [0.15, 0.2) is 0 Å². The molecule has 26 heavy (non-hydrogen) atoms. The number of alkyl halides is 3. The lowest BCUT2D eigenvalue weighted by molar-refractivity contribution is -0.137. The number of carbonyl (C=O) groups excluding carboxylic acids is 1. The number of nitrogens with one attached hydrogen (secondary N) is 1. The van der Waals surface area contributed by atoms with Gasteiger partial charge in [0, 0.05) is 17.0 Å². The largest absolute Gasteiger partial charge is 0.417 e. The normalized spacial score (nSPS) is 20.6. The van der Waals surface area contributed by atoms with Crippen LogP contribution in [0.15, 0.2) is 48.5 Å². The molecule has 2 nitrogen and oxygen atoms in total. The molecule has 1 N–H and O–H groups in total. The van der Waals surface area contributed by atoms with E-state index in [1.54, 1.807) is 6.07 Å². The van der Waals surface area contributed by atoms with Crippen LogP contribution in [0.4, 0.5) is 13.2 Å². The molecular weight excluding hydrogens is 363 g/mol. The Kier molecular flexibility index (Phi) is 5.56. The Labute approximate surface area is 155 Å². The smallest absolute Gasteiger partial charge is 0.349 e. The van der Waals surface area contributed by atoms with Crippen LogP contribution in [0, 0.1) is 0 Å². The zero-order valence-electron chi connectivity index (χ0n) is 14.0. The van der Waals surface area contributed by atoms with Crippen molar-refractivity contribution in [2.24, 2.45) is 0 Å². The molecule has 0 radical (unpaired) electrons. The van der Waals surface area contributed by atoms with Gasteiger partial charge in [-0.2, -0.15) is 13.2 Å². The topological polar surface area (TPSA) is 29.1 Å². The summed E-state index contributed by atoms with van der Waals surface area (Å²) in [5, 5.41) is 3.45. The first-order valence-corrected chi connectivity index (χ1v) is 8.97. The van der Waals surface area contributed by atoms with Crippen LogP contribution in [0.5, 0.6) is 0 Å². The molecule has 6 heteroatoms. The molecule has 0 aliphatic heterocycles. The van der Waals surface area contributed by atoms with E-state index in [9.17, 15) is 18.0 Å². The molecule has 0 bridgehead atoms. The Morgan fingerprint density at radius 1 is 1.00 bits per heavy atom. The molecule has 1 amide bonds. The molecule has 3 rings (SSSR count). The number of amides is 1. The molecule has 0 unspecified atom stereocenters. The molecule has 0 saturated heterocycles.